The Labute approximate surface area is 135 Å². The van der Waals surface area contributed by atoms with Crippen LogP contribution in [-0.4, -0.2) is 8.42 Å². The largest absolute Gasteiger partial charge is 0.416 e. The van der Waals surface area contributed by atoms with Gasteiger partial charge in [0, 0.05) is 0 Å². The molecular formula is C16H9F4NO2S. The fourth-order valence-electron chi connectivity index (χ4n) is 1.83. The molecule has 2 aromatic rings. The third kappa shape index (κ3) is 3.81. The lowest BCUT2D eigenvalue weighted by Gasteiger charge is -2.06. The average molecular weight is 355 g/mol. The lowest BCUT2D eigenvalue weighted by molar-refractivity contribution is -0.137. The highest BCUT2D eigenvalue weighted by atomic mass is 32.2. The van der Waals surface area contributed by atoms with Crippen molar-refractivity contribution >= 4 is 15.9 Å². The molecule has 0 aliphatic heterocycles. The van der Waals surface area contributed by atoms with Gasteiger partial charge in [-0.15, -0.1) is 0 Å². The zero-order valence-electron chi connectivity index (χ0n) is 11.9. The van der Waals surface area contributed by atoms with Crippen molar-refractivity contribution in [3.05, 3.63) is 70.4 Å². The van der Waals surface area contributed by atoms with Crippen molar-refractivity contribution in [1.82, 2.24) is 0 Å². The van der Waals surface area contributed by atoms with Gasteiger partial charge in [0.15, 0.2) is 0 Å². The SMILES string of the molecule is N#C/C(=C\c1ccc(C(F)(F)F)cc1)S(=O)(=O)c1ccc(F)cc1. The summed E-state index contributed by atoms with van der Waals surface area (Å²) in [5, 5.41) is 9.07. The average Bonchev–Trinajstić information content (AvgIpc) is 2.52. The summed E-state index contributed by atoms with van der Waals surface area (Å²) >= 11 is 0. The second kappa shape index (κ2) is 6.45. The summed E-state index contributed by atoms with van der Waals surface area (Å²) in [4.78, 5) is -0.947. The van der Waals surface area contributed by atoms with Gasteiger partial charge in [-0.1, -0.05) is 12.1 Å². The molecule has 0 bridgehead atoms. The first kappa shape index (κ1) is 17.7. The Morgan fingerprint density at radius 3 is 2.00 bits per heavy atom. The lowest BCUT2D eigenvalue weighted by atomic mass is 10.1. The highest BCUT2D eigenvalue weighted by molar-refractivity contribution is 7.95. The van der Waals surface area contributed by atoms with Gasteiger partial charge >= 0.3 is 6.18 Å². The van der Waals surface area contributed by atoms with Gasteiger partial charge in [-0.2, -0.15) is 18.4 Å². The number of benzene rings is 2. The number of rotatable bonds is 3. The van der Waals surface area contributed by atoms with Gasteiger partial charge < -0.3 is 0 Å². The Kier molecular flexibility index (Phi) is 4.76. The Hall–Kier alpha value is -2.66. The Bertz CT molecular complexity index is 907. The number of nitrogens with zero attached hydrogens (tertiary/aromatic N) is 1. The van der Waals surface area contributed by atoms with Gasteiger partial charge in [-0.3, -0.25) is 0 Å². The molecule has 0 radical (unpaired) electrons. The third-order valence-corrected chi connectivity index (χ3v) is 4.74. The van der Waals surface area contributed by atoms with E-state index in [2.05, 4.69) is 0 Å². The monoisotopic (exact) mass is 355 g/mol. The van der Waals surface area contributed by atoms with E-state index in [1.54, 1.807) is 0 Å². The van der Waals surface area contributed by atoms with E-state index in [1.165, 1.54) is 6.07 Å². The molecule has 0 spiro atoms. The van der Waals surface area contributed by atoms with Crippen LogP contribution in [0.15, 0.2) is 58.3 Å². The third-order valence-electron chi connectivity index (χ3n) is 3.06. The quantitative estimate of drug-likeness (QED) is 0.471. The molecule has 0 N–H and O–H groups in total. The summed E-state index contributed by atoms with van der Waals surface area (Å²) in [6, 6.07) is 9.05. The highest BCUT2D eigenvalue weighted by Crippen LogP contribution is 2.29. The van der Waals surface area contributed by atoms with Crippen LogP contribution < -0.4 is 0 Å². The van der Waals surface area contributed by atoms with Crippen molar-refractivity contribution in [2.75, 3.05) is 0 Å². The number of hydrogen-bond donors (Lipinski definition) is 0. The number of sulfone groups is 1. The Morgan fingerprint density at radius 1 is 1.00 bits per heavy atom. The lowest BCUT2D eigenvalue weighted by Crippen LogP contribution is -2.05. The van der Waals surface area contributed by atoms with Gasteiger partial charge in [0.25, 0.3) is 0 Å². The van der Waals surface area contributed by atoms with E-state index in [0.29, 0.717) is 0 Å². The van der Waals surface area contributed by atoms with Crippen molar-refractivity contribution in [1.29, 1.82) is 5.26 Å². The van der Waals surface area contributed by atoms with Crippen LogP contribution in [0, 0.1) is 17.1 Å². The van der Waals surface area contributed by atoms with Crippen molar-refractivity contribution in [2.45, 2.75) is 11.1 Å². The van der Waals surface area contributed by atoms with E-state index in [4.69, 9.17) is 5.26 Å². The maximum absolute atomic E-state index is 12.9. The first-order chi connectivity index (χ1) is 11.1. The molecule has 0 aromatic heterocycles. The predicted molar refractivity (Wildman–Crippen MR) is 78.6 cm³/mol. The van der Waals surface area contributed by atoms with E-state index in [0.717, 1.165) is 54.6 Å². The molecule has 2 aromatic carbocycles. The molecule has 0 unspecified atom stereocenters. The van der Waals surface area contributed by atoms with E-state index >= 15 is 0 Å². The summed E-state index contributed by atoms with van der Waals surface area (Å²) in [6.07, 6.45) is -3.56. The summed E-state index contributed by atoms with van der Waals surface area (Å²) < 4.78 is 75.0. The predicted octanol–water partition coefficient (Wildman–Crippen LogP) is 4.18. The van der Waals surface area contributed by atoms with Crippen molar-refractivity contribution in [3.63, 3.8) is 0 Å². The molecule has 0 fully saturated rings. The summed E-state index contributed by atoms with van der Waals surface area (Å²) in [7, 11) is -4.19. The topological polar surface area (TPSA) is 57.9 Å². The summed E-state index contributed by atoms with van der Waals surface area (Å²) in [6.45, 7) is 0. The molecule has 0 amide bonds. The summed E-state index contributed by atoms with van der Waals surface area (Å²) in [5.41, 5.74) is -0.773. The molecule has 8 heteroatoms. The van der Waals surface area contributed by atoms with Crippen molar-refractivity contribution in [2.24, 2.45) is 0 Å². The van der Waals surface area contributed by atoms with Gasteiger partial charge in [0.2, 0.25) is 9.84 Å². The molecule has 2 rings (SSSR count). The van der Waals surface area contributed by atoms with E-state index < -0.39 is 32.3 Å². The molecule has 0 aliphatic carbocycles. The number of nitriles is 1. The molecule has 0 saturated carbocycles. The maximum Gasteiger partial charge on any atom is 0.416 e. The molecule has 124 valence electrons. The van der Waals surface area contributed by atoms with Crippen LogP contribution >= 0.6 is 0 Å². The maximum atomic E-state index is 12.9. The van der Waals surface area contributed by atoms with Crippen LogP contribution in [0.5, 0.6) is 0 Å². The number of allylic oxidation sites excluding steroid dienone is 1. The van der Waals surface area contributed by atoms with Gasteiger partial charge in [-0.25, -0.2) is 12.8 Å². The zero-order valence-corrected chi connectivity index (χ0v) is 12.7. The van der Waals surface area contributed by atoms with Gasteiger partial charge in [0.05, 0.1) is 10.5 Å². The Morgan fingerprint density at radius 2 is 1.54 bits per heavy atom. The van der Waals surface area contributed by atoms with Crippen molar-refractivity contribution in [3.8, 4) is 6.07 Å². The smallest absolute Gasteiger partial charge is 0.218 e. The first-order valence-corrected chi connectivity index (χ1v) is 7.92. The number of halogens is 4. The van der Waals surface area contributed by atoms with E-state index in [1.807, 2.05) is 0 Å². The molecule has 3 nitrogen and oxygen atoms in total. The molecule has 0 saturated heterocycles. The van der Waals surface area contributed by atoms with Crippen molar-refractivity contribution < 1.29 is 26.0 Å². The minimum absolute atomic E-state index is 0.116. The second-order valence-electron chi connectivity index (χ2n) is 4.70. The fourth-order valence-corrected chi connectivity index (χ4v) is 2.99. The minimum atomic E-state index is -4.51. The van der Waals surface area contributed by atoms with E-state index in [9.17, 15) is 26.0 Å². The standard InChI is InChI=1S/C16H9F4NO2S/c17-13-5-7-14(8-6-13)24(22,23)15(10-21)9-11-1-3-12(4-2-11)16(18,19)20/h1-9H/b15-9+. The number of alkyl halides is 3. The fraction of sp³-hybridized carbons (Fsp3) is 0.0625. The Balaban J connectivity index is 2.42. The molecule has 0 aliphatic rings. The normalized spacial score (nSPS) is 12.7. The van der Waals surface area contributed by atoms with E-state index in [-0.39, 0.29) is 10.5 Å². The van der Waals surface area contributed by atoms with Crippen LogP contribution in [-0.2, 0) is 16.0 Å². The van der Waals surface area contributed by atoms with Crippen LogP contribution in [0.2, 0.25) is 0 Å². The van der Waals surface area contributed by atoms with Crippen LogP contribution in [0.4, 0.5) is 17.6 Å². The molecule has 0 heterocycles. The zero-order chi connectivity index (χ0) is 18.0. The van der Waals surface area contributed by atoms with Crippen LogP contribution in [0.25, 0.3) is 6.08 Å². The van der Waals surface area contributed by atoms with Gasteiger partial charge in [-0.05, 0) is 48.0 Å². The summed E-state index contributed by atoms with van der Waals surface area (Å²) in [5.74, 6) is -0.640. The highest BCUT2D eigenvalue weighted by Gasteiger charge is 2.30. The van der Waals surface area contributed by atoms with Crippen LogP contribution in [0.1, 0.15) is 11.1 Å². The molecule has 0 atom stereocenters. The minimum Gasteiger partial charge on any atom is -0.218 e. The molecule has 24 heavy (non-hydrogen) atoms. The van der Waals surface area contributed by atoms with Gasteiger partial charge in [0.1, 0.15) is 16.8 Å². The molecular weight excluding hydrogens is 346 g/mol. The van der Waals surface area contributed by atoms with Crippen LogP contribution in [0.3, 0.4) is 0 Å². The number of hydrogen-bond acceptors (Lipinski definition) is 3. The first-order valence-electron chi connectivity index (χ1n) is 6.44. The second-order valence-corrected chi connectivity index (χ2v) is 6.62.